The van der Waals surface area contributed by atoms with Crippen LogP contribution in [-0.4, -0.2) is 19.3 Å². The summed E-state index contributed by atoms with van der Waals surface area (Å²) in [7, 11) is 0. The molecule has 2 rings (SSSR count). The topological polar surface area (TPSA) is 21.3 Å². The molecule has 1 aromatic rings. The summed E-state index contributed by atoms with van der Waals surface area (Å²) in [5.41, 5.74) is 0. The summed E-state index contributed by atoms with van der Waals surface area (Å²) in [5.74, 6) is 0. The van der Waals surface area contributed by atoms with Gasteiger partial charge < -0.3 is 10.1 Å². The molecule has 1 unspecified atom stereocenters. The second-order valence-electron chi connectivity index (χ2n) is 3.26. The second-order valence-corrected chi connectivity index (χ2v) is 5.76. The summed E-state index contributed by atoms with van der Waals surface area (Å²) in [6, 6.07) is 5.24. The number of rotatable bonds is 3. The molecular weight excluding hydrogens is 250 g/mol. The second kappa shape index (κ2) is 4.09. The van der Waals surface area contributed by atoms with Crippen molar-refractivity contribution in [3.63, 3.8) is 0 Å². The predicted octanol–water partition coefficient (Wildman–Crippen LogP) is 2.56. The zero-order valence-electron chi connectivity index (χ0n) is 7.42. The average molecular weight is 262 g/mol. The fourth-order valence-electron chi connectivity index (χ4n) is 1.33. The normalized spacial score (nSPS) is 19.8. The fraction of sp³-hybridized carbons (Fsp3) is 0.556. The van der Waals surface area contributed by atoms with Gasteiger partial charge in [0.15, 0.2) is 0 Å². The Hall–Kier alpha value is 0.1000. The van der Waals surface area contributed by atoms with Crippen molar-refractivity contribution in [3.8, 4) is 0 Å². The standard InChI is InChI=1S/C9H12BrNOS/c1-6(11-7-4-12-5-7)8-2-3-9(10)13-8/h2-3,6-7,11H,4-5H2,1H3. The third-order valence-electron chi connectivity index (χ3n) is 2.14. The van der Waals surface area contributed by atoms with Crippen LogP contribution in [0.4, 0.5) is 0 Å². The van der Waals surface area contributed by atoms with Crippen LogP contribution in [0.3, 0.4) is 0 Å². The van der Waals surface area contributed by atoms with Gasteiger partial charge in [-0.25, -0.2) is 0 Å². The first-order valence-corrected chi connectivity index (χ1v) is 5.95. The van der Waals surface area contributed by atoms with Gasteiger partial charge >= 0.3 is 0 Å². The molecule has 72 valence electrons. The molecule has 13 heavy (non-hydrogen) atoms. The molecule has 1 aliphatic rings. The van der Waals surface area contributed by atoms with Crippen LogP contribution >= 0.6 is 27.3 Å². The molecule has 1 fully saturated rings. The third-order valence-corrected chi connectivity index (χ3v) is 3.95. The lowest BCUT2D eigenvalue weighted by Gasteiger charge is -2.29. The lowest BCUT2D eigenvalue weighted by molar-refractivity contribution is -0.00909. The molecule has 1 atom stereocenters. The molecule has 0 amide bonds. The SMILES string of the molecule is CC(NC1COC1)c1ccc(Br)s1. The summed E-state index contributed by atoms with van der Waals surface area (Å²) in [5, 5.41) is 3.51. The quantitative estimate of drug-likeness (QED) is 0.903. The van der Waals surface area contributed by atoms with E-state index in [2.05, 4.69) is 40.3 Å². The van der Waals surface area contributed by atoms with Crippen LogP contribution in [0.2, 0.25) is 0 Å². The molecule has 1 aliphatic heterocycles. The number of ether oxygens (including phenoxy) is 1. The Labute approximate surface area is 90.4 Å². The molecule has 0 radical (unpaired) electrons. The van der Waals surface area contributed by atoms with Gasteiger partial charge in [0.2, 0.25) is 0 Å². The average Bonchev–Trinajstić information content (AvgIpc) is 2.44. The van der Waals surface area contributed by atoms with E-state index in [1.54, 1.807) is 11.3 Å². The Balaban J connectivity index is 1.92. The zero-order valence-corrected chi connectivity index (χ0v) is 9.82. The van der Waals surface area contributed by atoms with E-state index >= 15 is 0 Å². The van der Waals surface area contributed by atoms with E-state index < -0.39 is 0 Å². The van der Waals surface area contributed by atoms with Gasteiger partial charge in [0, 0.05) is 10.9 Å². The molecule has 1 N–H and O–H groups in total. The van der Waals surface area contributed by atoms with Crippen molar-refractivity contribution in [1.29, 1.82) is 0 Å². The molecule has 0 aliphatic carbocycles. The van der Waals surface area contributed by atoms with Crippen LogP contribution in [0.15, 0.2) is 15.9 Å². The Morgan fingerprint density at radius 1 is 1.62 bits per heavy atom. The van der Waals surface area contributed by atoms with Crippen molar-refractivity contribution in [2.24, 2.45) is 0 Å². The van der Waals surface area contributed by atoms with Gasteiger partial charge in [-0.1, -0.05) is 0 Å². The molecule has 1 aromatic heterocycles. The van der Waals surface area contributed by atoms with Gasteiger partial charge in [-0.15, -0.1) is 11.3 Å². The van der Waals surface area contributed by atoms with Gasteiger partial charge in [-0.3, -0.25) is 0 Å². The van der Waals surface area contributed by atoms with Crippen LogP contribution in [0.5, 0.6) is 0 Å². The largest absolute Gasteiger partial charge is 0.378 e. The lowest BCUT2D eigenvalue weighted by atomic mass is 10.2. The maximum absolute atomic E-state index is 5.11. The minimum Gasteiger partial charge on any atom is -0.378 e. The molecule has 0 spiro atoms. The van der Waals surface area contributed by atoms with Crippen molar-refractivity contribution in [3.05, 3.63) is 20.8 Å². The van der Waals surface area contributed by atoms with Crippen LogP contribution in [0.1, 0.15) is 17.8 Å². The molecule has 0 bridgehead atoms. The van der Waals surface area contributed by atoms with Gasteiger partial charge in [0.1, 0.15) is 0 Å². The van der Waals surface area contributed by atoms with E-state index in [1.807, 2.05) is 0 Å². The minimum absolute atomic E-state index is 0.435. The summed E-state index contributed by atoms with van der Waals surface area (Å²) in [6.07, 6.45) is 0. The van der Waals surface area contributed by atoms with E-state index in [1.165, 1.54) is 8.66 Å². The van der Waals surface area contributed by atoms with Crippen molar-refractivity contribution < 1.29 is 4.74 Å². The van der Waals surface area contributed by atoms with E-state index in [0.29, 0.717) is 12.1 Å². The zero-order chi connectivity index (χ0) is 9.26. The summed E-state index contributed by atoms with van der Waals surface area (Å²) in [4.78, 5) is 1.37. The number of hydrogen-bond donors (Lipinski definition) is 1. The molecule has 4 heteroatoms. The van der Waals surface area contributed by atoms with Crippen molar-refractivity contribution in [2.75, 3.05) is 13.2 Å². The Morgan fingerprint density at radius 3 is 2.85 bits per heavy atom. The molecule has 2 nitrogen and oxygen atoms in total. The molecule has 1 saturated heterocycles. The van der Waals surface area contributed by atoms with E-state index in [9.17, 15) is 0 Å². The van der Waals surface area contributed by atoms with Gasteiger partial charge in [-0.05, 0) is 35.0 Å². The van der Waals surface area contributed by atoms with Crippen LogP contribution in [0.25, 0.3) is 0 Å². The van der Waals surface area contributed by atoms with Crippen molar-refractivity contribution in [1.82, 2.24) is 5.32 Å². The maximum Gasteiger partial charge on any atom is 0.0701 e. The maximum atomic E-state index is 5.11. The Kier molecular flexibility index (Phi) is 3.03. The highest BCUT2D eigenvalue weighted by Gasteiger charge is 2.20. The smallest absolute Gasteiger partial charge is 0.0701 e. The Bertz CT molecular complexity index is 285. The van der Waals surface area contributed by atoms with E-state index in [-0.39, 0.29) is 0 Å². The molecular formula is C9H12BrNOS. The first-order valence-electron chi connectivity index (χ1n) is 4.35. The number of hydrogen-bond acceptors (Lipinski definition) is 3. The molecule has 2 heterocycles. The summed E-state index contributed by atoms with van der Waals surface area (Å²) in [6.45, 7) is 3.91. The van der Waals surface area contributed by atoms with Crippen LogP contribution in [0, 0.1) is 0 Å². The fourth-order valence-corrected chi connectivity index (χ4v) is 2.76. The summed E-state index contributed by atoms with van der Waals surface area (Å²) < 4.78 is 6.30. The number of halogens is 1. The predicted molar refractivity (Wildman–Crippen MR) is 58.2 cm³/mol. The minimum atomic E-state index is 0.435. The molecule has 0 saturated carbocycles. The van der Waals surface area contributed by atoms with Crippen molar-refractivity contribution >= 4 is 27.3 Å². The highest BCUT2D eigenvalue weighted by Crippen LogP contribution is 2.27. The highest BCUT2D eigenvalue weighted by atomic mass is 79.9. The Morgan fingerprint density at radius 2 is 2.38 bits per heavy atom. The van der Waals surface area contributed by atoms with Gasteiger partial charge in [0.25, 0.3) is 0 Å². The van der Waals surface area contributed by atoms with Gasteiger partial charge in [0.05, 0.1) is 23.0 Å². The number of nitrogens with one attached hydrogen (secondary N) is 1. The van der Waals surface area contributed by atoms with Crippen molar-refractivity contribution in [2.45, 2.75) is 19.0 Å². The van der Waals surface area contributed by atoms with E-state index in [0.717, 1.165) is 13.2 Å². The van der Waals surface area contributed by atoms with Crippen LogP contribution in [-0.2, 0) is 4.74 Å². The van der Waals surface area contributed by atoms with Crippen LogP contribution < -0.4 is 5.32 Å². The van der Waals surface area contributed by atoms with Gasteiger partial charge in [-0.2, -0.15) is 0 Å². The number of thiophene rings is 1. The summed E-state index contributed by atoms with van der Waals surface area (Å²) >= 11 is 5.25. The highest BCUT2D eigenvalue weighted by molar-refractivity contribution is 9.11. The first kappa shape index (κ1) is 9.65. The monoisotopic (exact) mass is 261 g/mol. The molecule has 0 aromatic carbocycles. The van der Waals surface area contributed by atoms with E-state index in [4.69, 9.17) is 4.74 Å². The third kappa shape index (κ3) is 2.31. The lowest BCUT2D eigenvalue weighted by Crippen LogP contribution is -2.46. The first-order chi connectivity index (χ1) is 6.25.